The van der Waals surface area contributed by atoms with Gasteiger partial charge in [0.1, 0.15) is 17.9 Å². The number of carboxylic acid groups (broad SMARTS) is 1. The van der Waals surface area contributed by atoms with E-state index in [9.17, 15) is 32.8 Å². The second-order valence-electron chi connectivity index (χ2n) is 14.6. The first-order chi connectivity index (χ1) is 27.1. The lowest BCUT2D eigenvalue weighted by molar-refractivity contribution is -0.192. The number of benzene rings is 2. The predicted molar refractivity (Wildman–Crippen MR) is 208 cm³/mol. The minimum Gasteiger partial charge on any atom is -0.475 e. The highest BCUT2D eigenvalue weighted by Crippen LogP contribution is 2.33. The number of guanidine groups is 1. The van der Waals surface area contributed by atoms with Crippen molar-refractivity contribution in [2.24, 2.45) is 29.2 Å². The molecule has 57 heavy (non-hydrogen) atoms. The van der Waals surface area contributed by atoms with E-state index >= 15 is 0 Å². The summed E-state index contributed by atoms with van der Waals surface area (Å²) in [4.78, 5) is 51.0. The van der Waals surface area contributed by atoms with Gasteiger partial charge < -0.3 is 37.8 Å². The molecule has 4 rings (SSSR count). The zero-order valence-electron chi connectivity index (χ0n) is 31.9. The third-order valence-corrected chi connectivity index (χ3v) is 10.4. The van der Waals surface area contributed by atoms with Gasteiger partial charge in [-0.2, -0.15) is 18.4 Å². The van der Waals surface area contributed by atoms with Gasteiger partial charge in [0.2, 0.25) is 17.7 Å². The Morgan fingerprint density at radius 3 is 1.96 bits per heavy atom. The Balaban J connectivity index is 0.00000113. The topological polar surface area (TPSA) is 260 Å². The Bertz CT molecular complexity index is 1720. The van der Waals surface area contributed by atoms with Crippen LogP contribution in [0.3, 0.4) is 0 Å². The third kappa shape index (κ3) is 15.8. The number of hydrogen-bond acceptors (Lipinski definition) is 7. The normalized spacial score (nSPS) is 16.2. The highest BCUT2D eigenvalue weighted by Gasteiger charge is 2.39. The molecule has 0 spiro atoms. The standard InChI is InChI=1S/C38H53N9O3.C2HF3O2/c39-23-26-9-7-10-27(21-26)24-45-36(49)32(15-8-20-44-38(42)43)46-37(50)33(29-13-5-2-6-14-29)47-35(48)31(28-11-3-1-4-12-28)22-25-16-18-30(19-17-25)34(40)41;3-2(4,5)1(6)7/h7,9-10,16-19,21,28-29,31-33H,1-6,8,11-15,20,22,24H2,(H3,40,41)(H,45,49)(H,46,50)(H,47,48)(H4,42,43,44);(H,6,7). The van der Waals surface area contributed by atoms with Crippen molar-refractivity contribution in [3.8, 4) is 6.07 Å². The Morgan fingerprint density at radius 1 is 0.825 bits per heavy atom. The van der Waals surface area contributed by atoms with Crippen LogP contribution in [0.2, 0.25) is 0 Å². The van der Waals surface area contributed by atoms with E-state index in [1.165, 1.54) is 0 Å². The molecule has 2 aromatic carbocycles. The second kappa shape index (κ2) is 22.8. The number of nitrogens with zero attached hydrogens (tertiary/aromatic N) is 1. The van der Waals surface area contributed by atoms with E-state index in [1.807, 2.05) is 30.3 Å². The maximum Gasteiger partial charge on any atom is 0.490 e. The summed E-state index contributed by atoms with van der Waals surface area (Å²) in [6, 6.07) is 14.9. The van der Waals surface area contributed by atoms with Gasteiger partial charge in [-0.05, 0) is 80.0 Å². The third-order valence-electron chi connectivity index (χ3n) is 10.4. The van der Waals surface area contributed by atoms with Gasteiger partial charge in [-0.3, -0.25) is 25.2 Å². The summed E-state index contributed by atoms with van der Waals surface area (Å²) in [5, 5.41) is 43.4. The maximum atomic E-state index is 14.3. The first-order valence-electron chi connectivity index (χ1n) is 19.3. The number of amidine groups is 1. The number of carboxylic acids is 1. The SMILES string of the molecule is N#Cc1cccc(CNC(=O)C(CCCNC(=N)N)NC(=O)C(NC(=O)C(Cc2ccc(C(=N)N)cc2)C2CCCCC2)C2CCCCC2)c1.O=C(O)C(F)(F)F. The van der Waals surface area contributed by atoms with Crippen LogP contribution >= 0.6 is 0 Å². The summed E-state index contributed by atoms with van der Waals surface area (Å²) in [5.41, 5.74) is 14.0. The van der Waals surface area contributed by atoms with Crippen LogP contribution in [0, 0.1) is 39.9 Å². The molecule has 2 fully saturated rings. The number of hydrogen-bond donors (Lipinski definition) is 9. The fourth-order valence-electron chi connectivity index (χ4n) is 7.33. The molecule has 0 aliphatic heterocycles. The van der Waals surface area contributed by atoms with Gasteiger partial charge in [0.05, 0.1) is 11.6 Å². The Kier molecular flexibility index (Phi) is 18.3. The van der Waals surface area contributed by atoms with E-state index in [1.54, 1.807) is 18.2 Å². The number of aliphatic carboxylic acids is 1. The molecule has 2 aliphatic rings. The number of amides is 3. The van der Waals surface area contributed by atoms with Gasteiger partial charge in [0.25, 0.3) is 0 Å². The molecule has 14 nitrogen and oxygen atoms in total. The molecule has 3 unspecified atom stereocenters. The minimum absolute atomic E-state index is 0.00485. The zero-order chi connectivity index (χ0) is 42.0. The summed E-state index contributed by atoms with van der Waals surface area (Å²) < 4.78 is 31.7. The van der Waals surface area contributed by atoms with Crippen LogP contribution in [0.1, 0.15) is 99.3 Å². The first-order valence-corrected chi connectivity index (χ1v) is 19.3. The van der Waals surface area contributed by atoms with Crippen LogP contribution in [0.25, 0.3) is 0 Å². The van der Waals surface area contributed by atoms with Crippen molar-refractivity contribution in [3.05, 3.63) is 70.8 Å². The highest BCUT2D eigenvalue weighted by molar-refractivity contribution is 5.95. The second-order valence-corrected chi connectivity index (χ2v) is 14.6. The predicted octanol–water partition coefficient (Wildman–Crippen LogP) is 4.34. The number of nitrogen functional groups attached to an aromatic ring is 1. The van der Waals surface area contributed by atoms with E-state index in [2.05, 4.69) is 27.3 Å². The maximum absolute atomic E-state index is 14.3. The van der Waals surface area contributed by atoms with E-state index in [0.29, 0.717) is 36.9 Å². The minimum atomic E-state index is -5.08. The van der Waals surface area contributed by atoms with Crippen molar-refractivity contribution >= 4 is 35.5 Å². The Labute approximate surface area is 330 Å². The summed E-state index contributed by atoms with van der Waals surface area (Å²) in [6.45, 7) is 0.546. The largest absolute Gasteiger partial charge is 0.490 e. The average Bonchev–Trinajstić information content (AvgIpc) is 3.19. The number of alkyl halides is 3. The Hall–Kier alpha value is -5.66. The van der Waals surface area contributed by atoms with Gasteiger partial charge in [0.15, 0.2) is 5.96 Å². The van der Waals surface area contributed by atoms with Crippen LogP contribution in [-0.4, -0.2) is 65.4 Å². The lowest BCUT2D eigenvalue weighted by atomic mass is 9.76. The number of nitrogens with one attached hydrogen (secondary N) is 6. The number of carbonyl (C=O) groups excluding carboxylic acids is 3. The fraction of sp³-hybridized carbons (Fsp3) is 0.525. The van der Waals surface area contributed by atoms with E-state index in [4.69, 9.17) is 32.2 Å². The summed E-state index contributed by atoms with van der Waals surface area (Å²) in [6.07, 6.45) is 6.06. The monoisotopic (exact) mass is 797 g/mol. The van der Waals surface area contributed by atoms with Crippen LogP contribution in [0.15, 0.2) is 48.5 Å². The van der Waals surface area contributed by atoms with E-state index in [-0.39, 0.29) is 53.8 Å². The lowest BCUT2D eigenvalue weighted by Gasteiger charge is -2.34. The fourth-order valence-corrected chi connectivity index (χ4v) is 7.33. The van der Waals surface area contributed by atoms with Gasteiger partial charge in [-0.25, -0.2) is 4.79 Å². The van der Waals surface area contributed by atoms with Crippen LogP contribution in [-0.2, 0) is 32.1 Å². The molecule has 0 saturated heterocycles. The Morgan fingerprint density at radius 2 is 1.42 bits per heavy atom. The van der Waals surface area contributed by atoms with Crippen LogP contribution in [0.5, 0.6) is 0 Å². The van der Waals surface area contributed by atoms with E-state index < -0.39 is 24.2 Å². The van der Waals surface area contributed by atoms with Gasteiger partial charge in [-0.1, -0.05) is 74.9 Å². The summed E-state index contributed by atoms with van der Waals surface area (Å²) in [7, 11) is 0. The van der Waals surface area contributed by atoms with Gasteiger partial charge in [-0.15, -0.1) is 0 Å². The van der Waals surface area contributed by atoms with Crippen LogP contribution in [0.4, 0.5) is 13.2 Å². The highest BCUT2D eigenvalue weighted by atomic mass is 19.4. The molecule has 3 atom stereocenters. The van der Waals surface area contributed by atoms with Crippen molar-refractivity contribution in [3.63, 3.8) is 0 Å². The van der Waals surface area contributed by atoms with Crippen molar-refractivity contribution in [2.75, 3.05) is 6.54 Å². The number of nitrogens with two attached hydrogens (primary N) is 2. The molecule has 17 heteroatoms. The quantitative estimate of drug-likeness (QED) is 0.0664. The van der Waals surface area contributed by atoms with Crippen molar-refractivity contribution in [1.82, 2.24) is 21.3 Å². The molecular weight excluding hydrogens is 743 g/mol. The molecule has 0 bridgehead atoms. The number of halogens is 3. The molecule has 3 amide bonds. The molecule has 2 aliphatic carbocycles. The first kappa shape index (κ1) is 45.7. The molecule has 0 radical (unpaired) electrons. The lowest BCUT2D eigenvalue weighted by Crippen LogP contribution is -2.57. The number of rotatable bonds is 16. The molecule has 2 aromatic rings. The molecule has 310 valence electrons. The van der Waals surface area contributed by atoms with Gasteiger partial charge in [0, 0.05) is 24.6 Å². The number of carbonyl (C=O) groups is 4. The smallest absolute Gasteiger partial charge is 0.475 e. The molecule has 0 heterocycles. The molecule has 2 saturated carbocycles. The van der Waals surface area contributed by atoms with Crippen LogP contribution < -0.4 is 32.7 Å². The summed E-state index contributed by atoms with van der Waals surface area (Å²) in [5.74, 6) is -3.99. The zero-order valence-corrected chi connectivity index (χ0v) is 31.9. The van der Waals surface area contributed by atoms with Crippen molar-refractivity contribution < 1.29 is 37.5 Å². The molecule has 11 N–H and O–H groups in total. The number of nitriles is 1. The van der Waals surface area contributed by atoms with Crippen molar-refractivity contribution in [2.45, 2.75) is 108 Å². The van der Waals surface area contributed by atoms with Crippen molar-refractivity contribution in [1.29, 1.82) is 16.1 Å². The summed E-state index contributed by atoms with van der Waals surface area (Å²) >= 11 is 0. The molecular formula is C40H54F3N9O5. The molecule has 0 aromatic heterocycles. The van der Waals surface area contributed by atoms with Gasteiger partial charge >= 0.3 is 12.1 Å². The van der Waals surface area contributed by atoms with E-state index in [0.717, 1.165) is 75.3 Å². The average molecular weight is 798 g/mol.